The Morgan fingerprint density at radius 2 is 1.90 bits per heavy atom. The second-order valence-electron chi connectivity index (χ2n) is 6.26. The fraction of sp³-hybridized carbons (Fsp3) is 0.389. The monoisotopic (exact) mass is 422 g/mol. The van der Waals surface area contributed by atoms with Crippen LogP contribution in [0.3, 0.4) is 0 Å². The number of hydrogen-bond acceptors (Lipinski definition) is 10. The normalized spacial score (nSPS) is 23.0. The maximum atomic E-state index is 12.5. The third-order valence-corrected chi connectivity index (χ3v) is 4.20. The lowest BCUT2D eigenvalue weighted by Crippen LogP contribution is -2.49. The third kappa shape index (κ3) is 4.84. The molecule has 0 spiro atoms. The van der Waals surface area contributed by atoms with Gasteiger partial charge in [0.15, 0.2) is 6.04 Å². The summed E-state index contributed by atoms with van der Waals surface area (Å²) in [7, 11) is 1.05. The van der Waals surface area contributed by atoms with Crippen molar-refractivity contribution in [2.75, 3.05) is 7.11 Å². The molecule has 3 rings (SSSR count). The van der Waals surface area contributed by atoms with Crippen LogP contribution in [0.25, 0.3) is 0 Å². The van der Waals surface area contributed by atoms with E-state index in [4.69, 9.17) is 19.1 Å². The summed E-state index contributed by atoms with van der Waals surface area (Å²) in [6.07, 6.45) is -3.73. The average Bonchev–Trinajstić information content (AvgIpc) is 3.31. The number of hydroxylamine groups is 2. The van der Waals surface area contributed by atoms with Crippen molar-refractivity contribution in [2.24, 2.45) is 0 Å². The Balaban J connectivity index is 1.61. The highest BCUT2D eigenvalue weighted by Gasteiger charge is 2.51. The molecule has 2 saturated heterocycles. The summed E-state index contributed by atoms with van der Waals surface area (Å²) < 4.78 is 14.3. The molecule has 1 aromatic rings. The van der Waals surface area contributed by atoms with Gasteiger partial charge in [-0.1, -0.05) is 30.3 Å². The Labute approximate surface area is 169 Å². The second-order valence-corrected chi connectivity index (χ2v) is 6.26. The van der Waals surface area contributed by atoms with Gasteiger partial charge >= 0.3 is 29.9 Å². The quantitative estimate of drug-likeness (QED) is 0.481. The lowest BCUT2D eigenvalue weighted by atomic mass is 10.1. The number of alkyl carbamates (subject to hydrolysis) is 1. The highest BCUT2D eigenvalue weighted by atomic mass is 17.0. The van der Waals surface area contributed by atoms with Gasteiger partial charge in [-0.3, -0.25) is 9.59 Å². The molecule has 1 aromatic carbocycles. The largest absolute Gasteiger partial charge is 0.467 e. The fourth-order valence-corrected chi connectivity index (χ4v) is 2.68. The number of carbonyl (C=O) groups is 5. The molecule has 12 heteroatoms. The molecule has 0 aliphatic carbocycles. The number of nitrogens with zero attached hydrogens (tertiary/aromatic N) is 1. The van der Waals surface area contributed by atoms with E-state index < -0.39 is 48.2 Å². The van der Waals surface area contributed by atoms with Crippen molar-refractivity contribution in [3.05, 3.63) is 35.9 Å². The summed E-state index contributed by atoms with van der Waals surface area (Å²) >= 11 is 0. The smallest absolute Gasteiger partial charge is 0.408 e. The van der Waals surface area contributed by atoms with Crippen LogP contribution >= 0.6 is 0 Å². The molecule has 1 unspecified atom stereocenters. The van der Waals surface area contributed by atoms with Crippen LogP contribution in [0.5, 0.6) is 0 Å². The van der Waals surface area contributed by atoms with Gasteiger partial charge in [-0.25, -0.2) is 19.2 Å². The zero-order valence-corrected chi connectivity index (χ0v) is 15.8. The summed E-state index contributed by atoms with van der Waals surface area (Å²) in [5.41, 5.74) is 0.702. The Morgan fingerprint density at radius 3 is 2.53 bits per heavy atom. The van der Waals surface area contributed by atoms with Gasteiger partial charge in [-0.05, 0) is 10.8 Å². The standard InChI is InChI=1S/C18H18N2O10/c1-26-17(24)14-13(19-18(25)27-9-10-5-3-2-4-6-10)15(22)20(29-14)30-16(23)11-7-8-12(21)28-11/h2-6,11,13-14H,7-9H2,1H3,(H,19,25)/t11?,13-,14+/m0/s1. The molecule has 12 nitrogen and oxygen atoms in total. The predicted molar refractivity (Wildman–Crippen MR) is 92.5 cm³/mol. The lowest BCUT2D eigenvalue weighted by molar-refractivity contribution is -0.317. The van der Waals surface area contributed by atoms with Crippen LogP contribution in [0.2, 0.25) is 0 Å². The average molecular weight is 422 g/mol. The lowest BCUT2D eigenvalue weighted by Gasteiger charge is -2.15. The van der Waals surface area contributed by atoms with Gasteiger partial charge in [0.1, 0.15) is 6.61 Å². The van der Waals surface area contributed by atoms with E-state index in [9.17, 15) is 24.0 Å². The van der Waals surface area contributed by atoms with Crippen molar-refractivity contribution in [3.63, 3.8) is 0 Å². The molecule has 160 valence electrons. The van der Waals surface area contributed by atoms with E-state index in [2.05, 4.69) is 10.1 Å². The number of nitrogens with one attached hydrogen (secondary N) is 1. The number of benzene rings is 1. The molecule has 2 aliphatic heterocycles. The second kappa shape index (κ2) is 9.22. The number of cyclic esters (lactones) is 1. The minimum absolute atomic E-state index is 0.0246. The molecule has 0 bridgehead atoms. The molecular formula is C18H18N2O10. The number of esters is 2. The summed E-state index contributed by atoms with van der Waals surface area (Å²) in [5, 5.41) is 2.34. The number of carbonyl (C=O) groups excluding carboxylic acids is 5. The molecule has 3 atom stereocenters. The van der Waals surface area contributed by atoms with Gasteiger partial charge in [0.2, 0.25) is 12.2 Å². The van der Waals surface area contributed by atoms with Crippen molar-refractivity contribution in [2.45, 2.75) is 37.7 Å². The molecule has 0 radical (unpaired) electrons. The van der Waals surface area contributed by atoms with Crippen molar-refractivity contribution in [1.29, 1.82) is 0 Å². The van der Waals surface area contributed by atoms with Crippen molar-refractivity contribution in [3.8, 4) is 0 Å². The van der Waals surface area contributed by atoms with E-state index in [1.165, 1.54) is 0 Å². The maximum absolute atomic E-state index is 12.5. The highest BCUT2D eigenvalue weighted by Crippen LogP contribution is 2.21. The molecule has 2 fully saturated rings. The summed E-state index contributed by atoms with van der Waals surface area (Å²) in [6.45, 7) is -0.0803. The van der Waals surface area contributed by atoms with Crippen LogP contribution in [-0.4, -0.2) is 60.5 Å². The Bertz CT molecular complexity index is 843. The van der Waals surface area contributed by atoms with Gasteiger partial charge in [-0.15, -0.1) is 0 Å². The number of ether oxygens (including phenoxy) is 3. The molecule has 2 amide bonds. The zero-order chi connectivity index (χ0) is 21.7. The summed E-state index contributed by atoms with van der Waals surface area (Å²) in [5.74, 6) is -3.70. The van der Waals surface area contributed by atoms with Crippen LogP contribution < -0.4 is 5.32 Å². The Morgan fingerprint density at radius 1 is 1.17 bits per heavy atom. The molecule has 2 heterocycles. The molecule has 0 aromatic heterocycles. The van der Waals surface area contributed by atoms with E-state index in [0.29, 0.717) is 5.56 Å². The van der Waals surface area contributed by atoms with Crippen LogP contribution in [0.1, 0.15) is 18.4 Å². The molecule has 2 aliphatic rings. The first-order chi connectivity index (χ1) is 14.4. The molecule has 0 saturated carbocycles. The molecular weight excluding hydrogens is 404 g/mol. The fourth-order valence-electron chi connectivity index (χ4n) is 2.68. The highest BCUT2D eigenvalue weighted by molar-refractivity contribution is 5.94. The SMILES string of the molecule is COC(=O)[C@@H]1ON(OC(=O)C2CCC(=O)O2)C(=O)[C@H]1NC(=O)OCc1ccccc1. The van der Waals surface area contributed by atoms with E-state index >= 15 is 0 Å². The van der Waals surface area contributed by atoms with Crippen LogP contribution in [0.15, 0.2) is 30.3 Å². The van der Waals surface area contributed by atoms with Gasteiger partial charge < -0.3 is 24.4 Å². The van der Waals surface area contributed by atoms with Crippen LogP contribution in [0.4, 0.5) is 4.79 Å². The minimum atomic E-state index is -1.62. The van der Waals surface area contributed by atoms with Gasteiger partial charge in [-0.2, -0.15) is 0 Å². The van der Waals surface area contributed by atoms with E-state index in [1.54, 1.807) is 30.3 Å². The zero-order valence-electron chi connectivity index (χ0n) is 15.8. The van der Waals surface area contributed by atoms with Crippen molar-refractivity contribution in [1.82, 2.24) is 10.5 Å². The van der Waals surface area contributed by atoms with Gasteiger partial charge in [0.05, 0.1) is 7.11 Å². The summed E-state index contributed by atoms with van der Waals surface area (Å²) in [6, 6.07) is 7.19. The van der Waals surface area contributed by atoms with Crippen molar-refractivity contribution >= 4 is 29.9 Å². The van der Waals surface area contributed by atoms with E-state index in [-0.39, 0.29) is 24.7 Å². The van der Waals surface area contributed by atoms with Crippen LogP contribution in [0, 0.1) is 0 Å². The molecule has 1 N–H and O–H groups in total. The van der Waals surface area contributed by atoms with Crippen molar-refractivity contribution < 1.29 is 47.9 Å². The predicted octanol–water partition coefficient (Wildman–Crippen LogP) is -0.239. The first-order valence-corrected chi connectivity index (χ1v) is 8.86. The number of hydrogen-bond donors (Lipinski definition) is 1. The Kier molecular flexibility index (Phi) is 6.47. The van der Waals surface area contributed by atoms with E-state index in [1.807, 2.05) is 0 Å². The summed E-state index contributed by atoms with van der Waals surface area (Å²) in [4.78, 5) is 69.4. The number of rotatable bonds is 6. The van der Waals surface area contributed by atoms with Crippen LogP contribution in [-0.2, 0) is 49.7 Å². The Hall–Kier alpha value is -3.67. The maximum Gasteiger partial charge on any atom is 0.408 e. The topological polar surface area (TPSA) is 147 Å². The first-order valence-electron chi connectivity index (χ1n) is 8.86. The third-order valence-electron chi connectivity index (χ3n) is 4.20. The van der Waals surface area contributed by atoms with Gasteiger partial charge in [0, 0.05) is 12.8 Å². The number of amides is 2. The van der Waals surface area contributed by atoms with Gasteiger partial charge in [0.25, 0.3) is 0 Å². The number of methoxy groups -OCH3 is 1. The van der Waals surface area contributed by atoms with E-state index in [0.717, 1.165) is 7.11 Å². The minimum Gasteiger partial charge on any atom is -0.467 e. The first kappa shape index (κ1) is 21.0. The molecule has 30 heavy (non-hydrogen) atoms.